The molecule has 0 bridgehead atoms. The zero-order valence-electron chi connectivity index (χ0n) is 18.6. The number of piperidine rings is 1. The number of rotatable bonds is 4. The molecule has 2 aliphatic carbocycles. The number of pyridine rings is 1. The molecule has 9 nitrogen and oxygen atoms in total. The standard InChI is InChI=1S/C22H23F4N7O2/c23-19(1-2-19)12-32-10-13-8-27-15(7-14(13)31-32)17-16(9-28-30-17)29-18(34)33-6-5-21(35,22(24,25)26)11-20(33)3-4-20/h7-10,35H,1-6,11-12H2,(H,28,30)(H,29,34)/t21-/m1/s1. The number of alkyl halides is 4. The van der Waals surface area contributed by atoms with Crippen LogP contribution in [0.25, 0.3) is 22.3 Å². The molecule has 2 amide bonds. The van der Waals surface area contributed by atoms with Gasteiger partial charge >= 0.3 is 12.2 Å². The molecule has 3 aromatic heterocycles. The molecule has 3 aromatic rings. The normalized spacial score (nSPS) is 24.7. The number of likely N-dealkylation sites (tertiary alicyclic amines) is 1. The number of aromatic amines is 1. The Labute approximate surface area is 196 Å². The first kappa shape index (κ1) is 22.3. The molecule has 3 fully saturated rings. The summed E-state index contributed by atoms with van der Waals surface area (Å²) >= 11 is 0. The van der Waals surface area contributed by atoms with E-state index in [0.29, 0.717) is 48.3 Å². The predicted molar refractivity (Wildman–Crippen MR) is 116 cm³/mol. The first-order valence-electron chi connectivity index (χ1n) is 11.4. The predicted octanol–water partition coefficient (Wildman–Crippen LogP) is 3.78. The maximum atomic E-state index is 14.1. The van der Waals surface area contributed by atoms with Crippen LogP contribution in [0.2, 0.25) is 0 Å². The highest BCUT2D eigenvalue weighted by molar-refractivity contribution is 5.94. The van der Waals surface area contributed by atoms with Crippen molar-refractivity contribution in [3.63, 3.8) is 0 Å². The molecule has 3 N–H and O–H groups in total. The number of aliphatic hydroxyl groups is 1. The van der Waals surface area contributed by atoms with E-state index in [1.807, 2.05) is 0 Å². The maximum absolute atomic E-state index is 14.1. The lowest BCUT2D eigenvalue weighted by molar-refractivity contribution is -0.277. The Morgan fingerprint density at radius 1 is 1.20 bits per heavy atom. The second kappa shape index (κ2) is 7.15. The number of carbonyl (C=O) groups excluding carboxylic acids is 1. The number of amides is 2. The second-order valence-electron chi connectivity index (χ2n) is 10.0. The van der Waals surface area contributed by atoms with Crippen molar-refractivity contribution in [3.05, 3.63) is 24.7 Å². The monoisotopic (exact) mass is 493 g/mol. The summed E-state index contributed by atoms with van der Waals surface area (Å²) in [4.78, 5) is 18.8. The van der Waals surface area contributed by atoms with E-state index in [1.54, 1.807) is 23.1 Å². The van der Waals surface area contributed by atoms with Crippen LogP contribution in [0.3, 0.4) is 0 Å². The molecule has 1 atom stereocenters. The van der Waals surface area contributed by atoms with E-state index < -0.39 is 41.9 Å². The summed E-state index contributed by atoms with van der Waals surface area (Å²) < 4.78 is 55.7. The van der Waals surface area contributed by atoms with Crippen molar-refractivity contribution in [3.8, 4) is 11.4 Å². The number of anilines is 1. The van der Waals surface area contributed by atoms with Gasteiger partial charge in [-0.2, -0.15) is 23.4 Å². The Hall–Kier alpha value is -3.22. The van der Waals surface area contributed by atoms with Gasteiger partial charge in [0.2, 0.25) is 0 Å². The first-order chi connectivity index (χ1) is 16.5. The molecule has 4 heterocycles. The Kier molecular flexibility index (Phi) is 4.55. The summed E-state index contributed by atoms with van der Waals surface area (Å²) in [6.07, 6.45) is 0.721. The Balaban J connectivity index is 1.21. The SMILES string of the molecule is O=C(Nc1cn[nH]c1-c1cc2nn(CC3(F)CC3)cc2cn1)N1CC[C@](O)(C(F)(F)F)CC12CC2. The zero-order valence-corrected chi connectivity index (χ0v) is 18.6. The summed E-state index contributed by atoms with van der Waals surface area (Å²) in [5, 5.41) is 24.8. The summed E-state index contributed by atoms with van der Waals surface area (Å²) in [7, 11) is 0. The topological polar surface area (TPSA) is 112 Å². The first-order valence-corrected chi connectivity index (χ1v) is 11.4. The third-order valence-corrected chi connectivity index (χ3v) is 7.35. The van der Waals surface area contributed by atoms with Gasteiger partial charge in [0.05, 0.1) is 29.6 Å². The number of aromatic nitrogens is 5. The summed E-state index contributed by atoms with van der Waals surface area (Å²) in [5.41, 5.74) is -3.21. The Morgan fingerprint density at radius 2 is 1.97 bits per heavy atom. The van der Waals surface area contributed by atoms with Gasteiger partial charge in [0.1, 0.15) is 11.4 Å². The molecule has 186 valence electrons. The number of nitrogens with zero attached hydrogens (tertiary/aromatic N) is 5. The molecule has 0 radical (unpaired) electrons. The fourth-order valence-electron chi connectivity index (χ4n) is 4.94. The molecule has 0 aromatic carbocycles. The molecule has 1 aliphatic heterocycles. The fourth-order valence-corrected chi connectivity index (χ4v) is 4.94. The minimum absolute atomic E-state index is 0.184. The number of fused-ring (bicyclic) bond motifs is 1. The highest BCUT2D eigenvalue weighted by Gasteiger charge is 2.65. The van der Waals surface area contributed by atoms with Crippen molar-refractivity contribution in [2.24, 2.45) is 0 Å². The van der Waals surface area contributed by atoms with Crippen molar-refractivity contribution in [2.45, 2.75) is 68.1 Å². The molecule has 3 aliphatic rings. The lowest BCUT2D eigenvalue weighted by Gasteiger charge is -2.45. The largest absolute Gasteiger partial charge is 0.417 e. The van der Waals surface area contributed by atoms with Crippen molar-refractivity contribution in [1.29, 1.82) is 0 Å². The number of hydrogen-bond donors (Lipinski definition) is 3. The van der Waals surface area contributed by atoms with Crippen molar-refractivity contribution < 1.29 is 27.5 Å². The van der Waals surface area contributed by atoms with Crippen LogP contribution in [0.5, 0.6) is 0 Å². The number of carbonyl (C=O) groups is 1. The van der Waals surface area contributed by atoms with Gasteiger partial charge in [-0.25, -0.2) is 9.18 Å². The average Bonchev–Trinajstić information content (AvgIpc) is 3.58. The van der Waals surface area contributed by atoms with Gasteiger partial charge in [-0.15, -0.1) is 0 Å². The smallest absolute Gasteiger partial charge is 0.380 e. The van der Waals surface area contributed by atoms with Crippen LogP contribution >= 0.6 is 0 Å². The fraction of sp³-hybridized carbons (Fsp3) is 0.545. The van der Waals surface area contributed by atoms with Gasteiger partial charge in [-0.3, -0.25) is 14.8 Å². The number of H-pyrrole nitrogens is 1. The van der Waals surface area contributed by atoms with E-state index in [-0.39, 0.29) is 13.1 Å². The highest BCUT2D eigenvalue weighted by Crippen LogP contribution is 2.55. The minimum atomic E-state index is -4.75. The van der Waals surface area contributed by atoms with Crippen LogP contribution in [0.4, 0.5) is 28.0 Å². The van der Waals surface area contributed by atoms with E-state index in [9.17, 15) is 27.5 Å². The molecule has 1 spiro atoms. The average molecular weight is 493 g/mol. The van der Waals surface area contributed by atoms with Gasteiger partial charge in [0, 0.05) is 42.7 Å². The second-order valence-corrected chi connectivity index (χ2v) is 10.0. The van der Waals surface area contributed by atoms with Crippen LogP contribution in [-0.2, 0) is 6.54 Å². The Bertz CT molecular complexity index is 1310. The Morgan fingerprint density at radius 3 is 2.66 bits per heavy atom. The van der Waals surface area contributed by atoms with Gasteiger partial charge < -0.3 is 15.3 Å². The molecule has 13 heteroatoms. The molecular weight excluding hydrogens is 470 g/mol. The van der Waals surface area contributed by atoms with Crippen LogP contribution in [0.1, 0.15) is 38.5 Å². The van der Waals surface area contributed by atoms with E-state index in [0.717, 1.165) is 5.39 Å². The third kappa shape index (κ3) is 3.81. The highest BCUT2D eigenvalue weighted by atomic mass is 19.4. The molecular formula is C22H23F4N7O2. The summed E-state index contributed by atoms with van der Waals surface area (Å²) in [6.45, 7) is -0.0316. The maximum Gasteiger partial charge on any atom is 0.417 e. The van der Waals surface area contributed by atoms with E-state index in [2.05, 4.69) is 25.6 Å². The molecule has 2 saturated carbocycles. The van der Waals surface area contributed by atoms with E-state index in [1.165, 1.54) is 11.1 Å². The number of halogens is 4. The van der Waals surface area contributed by atoms with Gasteiger partial charge in [0.25, 0.3) is 0 Å². The number of nitrogens with one attached hydrogen (secondary N) is 2. The molecule has 6 rings (SSSR count). The van der Waals surface area contributed by atoms with Crippen molar-refractivity contribution >= 4 is 22.6 Å². The summed E-state index contributed by atoms with van der Waals surface area (Å²) in [6, 6.07) is 1.14. The van der Waals surface area contributed by atoms with Crippen LogP contribution in [0.15, 0.2) is 24.7 Å². The van der Waals surface area contributed by atoms with Crippen LogP contribution in [-0.4, -0.2) is 70.5 Å². The van der Waals surface area contributed by atoms with Gasteiger partial charge in [0.15, 0.2) is 5.60 Å². The lowest BCUT2D eigenvalue weighted by Crippen LogP contribution is -2.60. The number of hydrogen-bond acceptors (Lipinski definition) is 5. The quantitative estimate of drug-likeness (QED) is 0.479. The molecule has 1 saturated heterocycles. The van der Waals surface area contributed by atoms with Crippen molar-refractivity contribution in [1.82, 2.24) is 29.9 Å². The lowest BCUT2D eigenvalue weighted by atomic mass is 9.84. The molecule has 0 unspecified atom stereocenters. The van der Waals surface area contributed by atoms with Crippen LogP contribution < -0.4 is 5.32 Å². The number of urea groups is 1. The van der Waals surface area contributed by atoms with E-state index >= 15 is 0 Å². The summed E-state index contributed by atoms with van der Waals surface area (Å²) in [5.74, 6) is 0. The van der Waals surface area contributed by atoms with Gasteiger partial charge in [-0.1, -0.05) is 0 Å². The minimum Gasteiger partial charge on any atom is -0.380 e. The molecule has 35 heavy (non-hydrogen) atoms. The zero-order chi connectivity index (χ0) is 24.6. The van der Waals surface area contributed by atoms with E-state index in [4.69, 9.17) is 0 Å². The van der Waals surface area contributed by atoms with Gasteiger partial charge in [-0.05, 0) is 31.7 Å². The third-order valence-electron chi connectivity index (χ3n) is 7.35. The van der Waals surface area contributed by atoms with Crippen LogP contribution in [0, 0.1) is 0 Å². The van der Waals surface area contributed by atoms with Crippen molar-refractivity contribution in [2.75, 3.05) is 11.9 Å².